The molecule has 0 radical (unpaired) electrons. The van der Waals surface area contributed by atoms with Crippen molar-refractivity contribution >= 4 is 0 Å². The average molecular weight is 425 g/mol. The lowest BCUT2D eigenvalue weighted by atomic mass is 10.2. The third kappa shape index (κ3) is 35.5. The van der Waals surface area contributed by atoms with Crippen molar-refractivity contribution in [2.75, 3.05) is 79.3 Å². The molecule has 7 heteroatoms. The third-order valence-corrected chi connectivity index (χ3v) is 3.87. The molecule has 0 spiro atoms. The molecule has 0 unspecified atom stereocenters. The Morgan fingerprint density at radius 1 is 0.379 bits per heavy atom. The van der Waals surface area contributed by atoms with Gasteiger partial charge in [0.2, 0.25) is 0 Å². The number of rotatable bonds is 23. The van der Waals surface area contributed by atoms with Crippen molar-refractivity contribution in [3.63, 3.8) is 0 Å². The molecule has 0 aromatic carbocycles. The molecule has 0 bridgehead atoms. The van der Waals surface area contributed by atoms with Crippen LogP contribution < -0.4 is 0 Å². The van der Waals surface area contributed by atoms with Gasteiger partial charge in [0.05, 0.1) is 66.1 Å². The standard InChI is InChI=1S/C12H26O.C10H22O6/c1-3-5-7-8-10-12-13-11-9-6-4-2;11-1-3-13-5-7-15-9-10-16-8-6-14-4-2-12/h3-12H2,1-2H3;11-12H,1-10H2. The first-order valence-corrected chi connectivity index (χ1v) is 11.4. The van der Waals surface area contributed by atoms with Crippen molar-refractivity contribution in [2.24, 2.45) is 0 Å². The molecule has 0 saturated carbocycles. The van der Waals surface area contributed by atoms with E-state index in [1.807, 2.05) is 0 Å². The van der Waals surface area contributed by atoms with Crippen LogP contribution in [-0.2, 0) is 23.7 Å². The molecule has 0 aromatic heterocycles. The van der Waals surface area contributed by atoms with Gasteiger partial charge in [-0.25, -0.2) is 0 Å². The predicted octanol–water partition coefficient (Wildman–Crippen LogP) is 3.20. The highest BCUT2D eigenvalue weighted by molar-refractivity contribution is 4.42. The van der Waals surface area contributed by atoms with Gasteiger partial charge in [0.15, 0.2) is 0 Å². The molecule has 0 saturated heterocycles. The summed E-state index contributed by atoms with van der Waals surface area (Å²) < 4.78 is 25.9. The SMILES string of the molecule is CCCCCCCOCCCCC.OCCOCCOCCOCCOCCO. The fourth-order valence-electron chi connectivity index (χ4n) is 2.25. The summed E-state index contributed by atoms with van der Waals surface area (Å²) in [6.45, 7) is 10.2. The lowest BCUT2D eigenvalue weighted by Gasteiger charge is -2.06. The van der Waals surface area contributed by atoms with E-state index in [-0.39, 0.29) is 13.2 Å². The van der Waals surface area contributed by atoms with E-state index in [1.165, 1.54) is 51.4 Å². The van der Waals surface area contributed by atoms with Crippen LogP contribution in [0.25, 0.3) is 0 Å². The molecule has 29 heavy (non-hydrogen) atoms. The maximum Gasteiger partial charge on any atom is 0.0701 e. The molecule has 0 aliphatic heterocycles. The first-order chi connectivity index (χ1) is 14.3. The van der Waals surface area contributed by atoms with Crippen LogP contribution in [0.15, 0.2) is 0 Å². The van der Waals surface area contributed by atoms with Crippen LogP contribution >= 0.6 is 0 Å². The quantitative estimate of drug-likeness (QED) is 0.244. The Balaban J connectivity index is 0. The van der Waals surface area contributed by atoms with E-state index in [2.05, 4.69) is 13.8 Å². The molecule has 0 aliphatic rings. The molecule has 7 nitrogen and oxygen atoms in total. The van der Waals surface area contributed by atoms with Gasteiger partial charge in [-0.05, 0) is 12.8 Å². The summed E-state index contributed by atoms with van der Waals surface area (Å²) in [7, 11) is 0. The van der Waals surface area contributed by atoms with Crippen molar-refractivity contribution in [1.29, 1.82) is 0 Å². The monoisotopic (exact) mass is 424 g/mol. The fraction of sp³-hybridized carbons (Fsp3) is 1.00. The van der Waals surface area contributed by atoms with Gasteiger partial charge >= 0.3 is 0 Å². The molecule has 2 N–H and O–H groups in total. The van der Waals surface area contributed by atoms with Gasteiger partial charge in [0, 0.05) is 13.2 Å². The molecule has 0 fully saturated rings. The first kappa shape index (κ1) is 30.9. The Morgan fingerprint density at radius 3 is 1.10 bits per heavy atom. The zero-order valence-corrected chi connectivity index (χ0v) is 19.1. The van der Waals surface area contributed by atoms with Crippen LogP contribution in [0.5, 0.6) is 0 Å². The van der Waals surface area contributed by atoms with Crippen LogP contribution in [0.1, 0.15) is 65.2 Å². The van der Waals surface area contributed by atoms with E-state index < -0.39 is 0 Å². The van der Waals surface area contributed by atoms with Crippen LogP contribution in [0.4, 0.5) is 0 Å². The summed E-state index contributed by atoms with van der Waals surface area (Å²) in [5.41, 5.74) is 0. The molecular formula is C22H48O7. The first-order valence-electron chi connectivity index (χ1n) is 11.4. The van der Waals surface area contributed by atoms with Gasteiger partial charge in [0.1, 0.15) is 0 Å². The summed E-state index contributed by atoms with van der Waals surface area (Å²) in [5.74, 6) is 0. The smallest absolute Gasteiger partial charge is 0.0701 e. The maximum absolute atomic E-state index is 8.41. The van der Waals surface area contributed by atoms with E-state index in [1.54, 1.807) is 0 Å². The fourth-order valence-corrected chi connectivity index (χ4v) is 2.25. The Morgan fingerprint density at radius 2 is 0.690 bits per heavy atom. The number of unbranched alkanes of at least 4 members (excludes halogenated alkanes) is 6. The van der Waals surface area contributed by atoms with Crippen molar-refractivity contribution in [1.82, 2.24) is 0 Å². The second-order valence-electron chi connectivity index (χ2n) is 6.63. The Bertz CT molecular complexity index is 231. The molecule has 0 atom stereocenters. The average Bonchev–Trinajstić information content (AvgIpc) is 2.74. The van der Waals surface area contributed by atoms with Gasteiger partial charge in [-0.1, -0.05) is 52.4 Å². The van der Waals surface area contributed by atoms with Crippen LogP contribution in [0.3, 0.4) is 0 Å². The number of aliphatic hydroxyl groups is 2. The number of hydrogen-bond donors (Lipinski definition) is 2. The highest BCUT2D eigenvalue weighted by Crippen LogP contribution is 2.02. The maximum atomic E-state index is 8.41. The van der Waals surface area contributed by atoms with Gasteiger partial charge in [-0.3, -0.25) is 0 Å². The topological polar surface area (TPSA) is 86.6 Å². The van der Waals surface area contributed by atoms with E-state index in [0.717, 1.165) is 13.2 Å². The molecule has 178 valence electrons. The summed E-state index contributed by atoms with van der Waals surface area (Å²) >= 11 is 0. The normalized spacial score (nSPS) is 10.8. The second-order valence-corrected chi connectivity index (χ2v) is 6.63. The van der Waals surface area contributed by atoms with Crippen LogP contribution in [0, 0.1) is 0 Å². The summed E-state index contributed by atoms with van der Waals surface area (Å²) in [4.78, 5) is 0. The lowest BCUT2D eigenvalue weighted by molar-refractivity contribution is -0.00856. The van der Waals surface area contributed by atoms with Crippen molar-refractivity contribution in [3.05, 3.63) is 0 Å². The number of hydrogen-bond acceptors (Lipinski definition) is 7. The minimum absolute atomic E-state index is 0.0386. The van der Waals surface area contributed by atoms with E-state index >= 15 is 0 Å². The Kier molecular flexibility index (Phi) is 34.5. The molecule has 0 aliphatic carbocycles. The third-order valence-electron chi connectivity index (χ3n) is 3.87. The van der Waals surface area contributed by atoms with E-state index in [9.17, 15) is 0 Å². The van der Waals surface area contributed by atoms with Crippen LogP contribution in [0.2, 0.25) is 0 Å². The van der Waals surface area contributed by atoms with E-state index in [0.29, 0.717) is 52.9 Å². The van der Waals surface area contributed by atoms with Gasteiger partial charge in [0.25, 0.3) is 0 Å². The number of aliphatic hydroxyl groups excluding tert-OH is 2. The minimum atomic E-state index is 0.0386. The Hall–Kier alpha value is -0.280. The zero-order chi connectivity index (χ0) is 21.7. The Labute approximate surface area is 179 Å². The van der Waals surface area contributed by atoms with Crippen molar-refractivity contribution < 1.29 is 33.9 Å². The van der Waals surface area contributed by atoms with E-state index in [4.69, 9.17) is 33.9 Å². The highest BCUT2D eigenvalue weighted by Gasteiger charge is 1.92. The van der Waals surface area contributed by atoms with Gasteiger partial charge in [-0.15, -0.1) is 0 Å². The second kappa shape index (κ2) is 32.4. The zero-order valence-electron chi connectivity index (χ0n) is 19.1. The van der Waals surface area contributed by atoms with Crippen molar-refractivity contribution in [3.8, 4) is 0 Å². The van der Waals surface area contributed by atoms with Gasteiger partial charge in [-0.2, -0.15) is 0 Å². The van der Waals surface area contributed by atoms with Crippen LogP contribution in [-0.4, -0.2) is 89.5 Å². The largest absolute Gasteiger partial charge is 0.394 e. The molecule has 0 heterocycles. The number of ether oxygens (including phenoxy) is 5. The predicted molar refractivity (Wildman–Crippen MR) is 117 cm³/mol. The molecule has 0 rings (SSSR count). The molecular weight excluding hydrogens is 376 g/mol. The van der Waals surface area contributed by atoms with Crippen molar-refractivity contribution in [2.45, 2.75) is 65.2 Å². The highest BCUT2D eigenvalue weighted by atomic mass is 16.6. The molecule has 0 amide bonds. The summed E-state index contributed by atoms with van der Waals surface area (Å²) in [5, 5.41) is 16.8. The summed E-state index contributed by atoms with van der Waals surface area (Å²) in [6, 6.07) is 0. The molecule has 0 aromatic rings. The lowest BCUT2D eigenvalue weighted by Crippen LogP contribution is -2.13. The minimum Gasteiger partial charge on any atom is -0.394 e. The van der Waals surface area contributed by atoms with Gasteiger partial charge < -0.3 is 33.9 Å². The summed E-state index contributed by atoms with van der Waals surface area (Å²) in [6.07, 6.45) is 10.6.